The molecule has 1 saturated heterocycles. The van der Waals surface area contributed by atoms with Gasteiger partial charge in [0.2, 0.25) is 0 Å². The molecule has 3 unspecified atom stereocenters. The van der Waals surface area contributed by atoms with Gasteiger partial charge in [-0.25, -0.2) is 4.39 Å². The van der Waals surface area contributed by atoms with Gasteiger partial charge in [0, 0.05) is 54.5 Å². The van der Waals surface area contributed by atoms with Gasteiger partial charge in [-0.1, -0.05) is 19.4 Å². The van der Waals surface area contributed by atoms with Crippen molar-refractivity contribution in [1.82, 2.24) is 10.6 Å². The number of morpholine rings is 1. The molecule has 2 N–H and O–H groups in total. The first-order chi connectivity index (χ1) is 14.1. The zero-order chi connectivity index (χ0) is 20.6. The maximum Gasteiger partial charge on any atom is 0.191 e. The molecule has 1 aromatic rings. The van der Waals surface area contributed by atoms with Gasteiger partial charge >= 0.3 is 0 Å². The van der Waals surface area contributed by atoms with Crippen LogP contribution in [0.15, 0.2) is 23.2 Å². The lowest BCUT2D eigenvalue weighted by atomic mass is 9.95. The summed E-state index contributed by atoms with van der Waals surface area (Å²) in [4.78, 5) is 6.33. The number of hydrogen-bond donors (Lipinski definition) is 2. The van der Waals surface area contributed by atoms with E-state index in [-0.39, 0.29) is 17.1 Å². The summed E-state index contributed by atoms with van der Waals surface area (Å²) in [6.45, 7) is 5.19. The molecule has 3 atom stereocenters. The molecular weight excluding hydrogens is 391 g/mol. The lowest BCUT2D eigenvalue weighted by Gasteiger charge is -2.30. The van der Waals surface area contributed by atoms with Crippen LogP contribution in [0.1, 0.15) is 38.2 Å². The van der Waals surface area contributed by atoms with Crippen molar-refractivity contribution in [3.63, 3.8) is 0 Å². The van der Waals surface area contributed by atoms with Crippen LogP contribution < -0.4 is 15.5 Å². The van der Waals surface area contributed by atoms with Gasteiger partial charge in [-0.2, -0.15) is 0 Å². The molecule has 0 aromatic heterocycles. The van der Waals surface area contributed by atoms with Crippen LogP contribution in [0, 0.1) is 5.82 Å². The number of aliphatic imine (C=N–C) groups is 1. The summed E-state index contributed by atoms with van der Waals surface area (Å²) in [5, 5.41) is 7.00. The maximum atomic E-state index is 14.6. The first-order valence-electron chi connectivity index (χ1n) is 10.6. The molecule has 8 heteroatoms. The fourth-order valence-electron chi connectivity index (χ4n) is 4.05. The Morgan fingerprint density at radius 1 is 1.34 bits per heavy atom. The molecule has 2 fully saturated rings. The number of anilines is 1. The molecule has 6 nitrogen and oxygen atoms in total. The fourth-order valence-corrected chi connectivity index (χ4v) is 5.39. The molecule has 162 valence electrons. The Balaban J connectivity index is 1.52. The Morgan fingerprint density at radius 3 is 2.83 bits per heavy atom. The van der Waals surface area contributed by atoms with E-state index in [1.807, 2.05) is 24.0 Å². The van der Waals surface area contributed by atoms with Crippen LogP contribution in [0.4, 0.5) is 10.1 Å². The van der Waals surface area contributed by atoms with Crippen LogP contribution in [0.2, 0.25) is 0 Å². The van der Waals surface area contributed by atoms with E-state index >= 15 is 0 Å². The molecule has 29 heavy (non-hydrogen) atoms. The summed E-state index contributed by atoms with van der Waals surface area (Å²) >= 11 is 0. The Hall–Kier alpha value is -1.67. The predicted molar refractivity (Wildman–Crippen MR) is 117 cm³/mol. The molecule has 0 amide bonds. The van der Waals surface area contributed by atoms with Crippen molar-refractivity contribution in [3.05, 3.63) is 29.6 Å². The molecule has 1 saturated carbocycles. The molecule has 0 bridgehead atoms. The van der Waals surface area contributed by atoms with Crippen molar-refractivity contribution in [1.29, 1.82) is 0 Å². The number of ether oxygens (including phenoxy) is 1. The van der Waals surface area contributed by atoms with Crippen LogP contribution in [0.25, 0.3) is 0 Å². The van der Waals surface area contributed by atoms with Gasteiger partial charge in [0.15, 0.2) is 5.96 Å². The SMILES string of the molecule is CCS(=O)C1CCCC(NC(=NC)NCc2ccc(N3CCOCC3)c(F)c2)C1. The summed E-state index contributed by atoms with van der Waals surface area (Å²) in [5.74, 6) is 1.22. The van der Waals surface area contributed by atoms with Crippen LogP contribution in [-0.2, 0) is 22.1 Å². The van der Waals surface area contributed by atoms with E-state index in [1.165, 1.54) is 0 Å². The number of guanidine groups is 1. The van der Waals surface area contributed by atoms with E-state index in [2.05, 4.69) is 15.6 Å². The van der Waals surface area contributed by atoms with Gasteiger partial charge in [0.05, 0.1) is 18.9 Å². The molecule has 0 spiro atoms. The highest BCUT2D eigenvalue weighted by atomic mass is 32.2. The minimum Gasteiger partial charge on any atom is -0.378 e. The van der Waals surface area contributed by atoms with Crippen molar-refractivity contribution in [3.8, 4) is 0 Å². The average molecular weight is 425 g/mol. The highest BCUT2D eigenvalue weighted by Gasteiger charge is 2.26. The quantitative estimate of drug-likeness (QED) is 0.542. The molecule has 3 rings (SSSR count). The Morgan fingerprint density at radius 2 is 2.14 bits per heavy atom. The maximum absolute atomic E-state index is 14.6. The zero-order valence-electron chi connectivity index (χ0n) is 17.5. The summed E-state index contributed by atoms with van der Waals surface area (Å²) in [6.07, 6.45) is 4.09. The molecule has 1 aliphatic heterocycles. The van der Waals surface area contributed by atoms with Crippen LogP contribution in [0.5, 0.6) is 0 Å². The summed E-state index contributed by atoms with van der Waals surface area (Å²) in [5.41, 5.74) is 1.51. The molecule has 1 aliphatic carbocycles. The minimum atomic E-state index is -0.745. The van der Waals surface area contributed by atoms with E-state index in [9.17, 15) is 8.60 Å². The van der Waals surface area contributed by atoms with Crippen molar-refractivity contribution in [2.45, 2.75) is 50.4 Å². The summed E-state index contributed by atoms with van der Waals surface area (Å²) in [6, 6.07) is 5.66. The van der Waals surface area contributed by atoms with Crippen molar-refractivity contribution >= 4 is 22.4 Å². The lowest BCUT2D eigenvalue weighted by molar-refractivity contribution is 0.122. The zero-order valence-corrected chi connectivity index (χ0v) is 18.3. The summed E-state index contributed by atoms with van der Waals surface area (Å²) in [7, 11) is 0.993. The van der Waals surface area contributed by atoms with Crippen molar-refractivity contribution in [2.24, 2.45) is 4.99 Å². The van der Waals surface area contributed by atoms with Gasteiger partial charge in [0.1, 0.15) is 5.82 Å². The van der Waals surface area contributed by atoms with E-state index in [0.29, 0.717) is 31.4 Å². The topological polar surface area (TPSA) is 66.0 Å². The highest BCUT2D eigenvalue weighted by Crippen LogP contribution is 2.23. The molecule has 2 aliphatic rings. The van der Waals surface area contributed by atoms with Gasteiger partial charge in [0.25, 0.3) is 0 Å². The van der Waals surface area contributed by atoms with Crippen molar-refractivity contribution < 1.29 is 13.3 Å². The number of rotatable bonds is 6. The normalized spacial score (nSPS) is 24.2. The largest absolute Gasteiger partial charge is 0.378 e. The lowest BCUT2D eigenvalue weighted by Crippen LogP contribution is -2.46. The minimum absolute atomic E-state index is 0.202. The Kier molecular flexibility index (Phi) is 8.29. The first-order valence-corrected chi connectivity index (χ1v) is 11.9. The van der Waals surface area contributed by atoms with E-state index in [1.54, 1.807) is 13.1 Å². The van der Waals surface area contributed by atoms with E-state index in [0.717, 1.165) is 50.1 Å². The number of halogens is 1. The molecule has 1 heterocycles. The third-order valence-electron chi connectivity index (χ3n) is 5.67. The number of nitrogens with one attached hydrogen (secondary N) is 2. The fraction of sp³-hybridized carbons (Fsp3) is 0.667. The summed E-state index contributed by atoms with van der Waals surface area (Å²) < 4.78 is 32.1. The van der Waals surface area contributed by atoms with Crippen LogP contribution in [0.3, 0.4) is 0 Å². The Bertz CT molecular complexity index is 725. The second kappa shape index (κ2) is 10.9. The monoisotopic (exact) mass is 424 g/mol. The first kappa shape index (κ1) is 22.0. The van der Waals surface area contributed by atoms with Gasteiger partial charge < -0.3 is 20.3 Å². The smallest absolute Gasteiger partial charge is 0.191 e. The molecule has 0 radical (unpaired) electrons. The Labute approximate surface area is 175 Å². The number of hydrogen-bond acceptors (Lipinski definition) is 4. The predicted octanol–water partition coefficient (Wildman–Crippen LogP) is 2.41. The number of benzene rings is 1. The van der Waals surface area contributed by atoms with Crippen LogP contribution in [-0.4, -0.2) is 60.6 Å². The second-order valence-electron chi connectivity index (χ2n) is 7.61. The third kappa shape index (κ3) is 6.15. The third-order valence-corrected chi connectivity index (χ3v) is 7.41. The molecule has 1 aromatic carbocycles. The average Bonchev–Trinajstić information content (AvgIpc) is 2.77. The van der Waals surface area contributed by atoms with Gasteiger partial charge in [-0.3, -0.25) is 9.20 Å². The molecular formula is C21H33FN4O2S. The van der Waals surface area contributed by atoms with Gasteiger partial charge in [-0.05, 0) is 37.0 Å². The standard InChI is InChI=1S/C21H33FN4O2S/c1-3-29(27)18-6-4-5-17(14-18)25-21(23-2)24-15-16-7-8-20(19(22)13-16)26-9-11-28-12-10-26/h7-8,13,17-18H,3-6,9-12,14-15H2,1-2H3,(H2,23,24,25). The van der Waals surface area contributed by atoms with Crippen molar-refractivity contribution in [2.75, 3.05) is 44.0 Å². The van der Waals surface area contributed by atoms with Crippen LogP contribution >= 0.6 is 0 Å². The number of nitrogens with zero attached hydrogens (tertiary/aromatic N) is 2. The highest BCUT2D eigenvalue weighted by molar-refractivity contribution is 7.85. The van der Waals surface area contributed by atoms with Gasteiger partial charge in [-0.15, -0.1) is 0 Å². The van der Waals surface area contributed by atoms with E-state index in [4.69, 9.17) is 4.74 Å². The van der Waals surface area contributed by atoms with E-state index < -0.39 is 10.8 Å². The second-order valence-corrected chi connectivity index (χ2v) is 9.62.